The third kappa shape index (κ3) is 3.06. The van der Waals surface area contributed by atoms with Crippen LogP contribution in [0.4, 0.5) is 0 Å². The maximum atomic E-state index is 13.9. The van der Waals surface area contributed by atoms with Crippen LogP contribution in [0.2, 0.25) is 0 Å². The molecule has 4 aromatic carbocycles. The smallest absolute Gasteiger partial charge is 0.292 e. The predicted molar refractivity (Wildman–Crippen MR) is 128 cm³/mol. The molecule has 152 valence electrons. The van der Waals surface area contributed by atoms with Crippen molar-refractivity contribution in [1.82, 2.24) is 4.74 Å². The van der Waals surface area contributed by atoms with Gasteiger partial charge in [0.05, 0.1) is 5.39 Å². The molecule has 5 rings (SSSR count). The first-order valence-electron chi connectivity index (χ1n) is 10.1. The molecular formula is C27H20BrNO2. The van der Waals surface area contributed by atoms with Gasteiger partial charge in [0, 0.05) is 5.33 Å². The molecule has 0 amide bonds. The van der Waals surface area contributed by atoms with Crippen LogP contribution in [-0.4, -0.2) is 4.74 Å². The molecule has 0 saturated carbocycles. The van der Waals surface area contributed by atoms with Crippen molar-refractivity contribution in [3.05, 3.63) is 142 Å². The van der Waals surface area contributed by atoms with Crippen LogP contribution in [0.25, 0.3) is 11.0 Å². The molecule has 0 unspecified atom stereocenters. The summed E-state index contributed by atoms with van der Waals surface area (Å²) in [6.07, 6.45) is 0. The van der Waals surface area contributed by atoms with Crippen molar-refractivity contribution in [1.29, 1.82) is 0 Å². The van der Waals surface area contributed by atoms with Crippen molar-refractivity contribution in [2.24, 2.45) is 0 Å². The average molecular weight is 470 g/mol. The summed E-state index contributed by atoms with van der Waals surface area (Å²) >= 11 is 3.52. The molecule has 31 heavy (non-hydrogen) atoms. The lowest BCUT2D eigenvalue weighted by molar-refractivity contribution is 0.221. The first-order valence-corrected chi connectivity index (χ1v) is 11.3. The molecule has 0 spiro atoms. The Labute approximate surface area is 188 Å². The minimum atomic E-state index is -0.955. The lowest BCUT2D eigenvalue weighted by Gasteiger charge is -2.34. The van der Waals surface area contributed by atoms with Gasteiger partial charge in [0.25, 0.3) is 5.56 Å². The second-order valence-corrected chi connectivity index (χ2v) is 7.98. The second-order valence-electron chi connectivity index (χ2n) is 7.42. The SMILES string of the molecule is O=c1c2c(CBr)cccc2on1C(c1ccccc1)(c1ccccc1)c1ccccc1. The maximum Gasteiger partial charge on any atom is 0.292 e. The van der Waals surface area contributed by atoms with Crippen LogP contribution >= 0.6 is 15.9 Å². The number of hydrogen-bond acceptors (Lipinski definition) is 2. The molecule has 4 heteroatoms. The number of aromatic nitrogens is 1. The Morgan fingerprint density at radius 2 is 1.16 bits per heavy atom. The van der Waals surface area contributed by atoms with Gasteiger partial charge in [-0.15, -0.1) is 0 Å². The Morgan fingerprint density at radius 3 is 1.61 bits per heavy atom. The standard InChI is InChI=1S/C27H20BrNO2/c28-19-20-11-10-18-24-25(20)26(30)29(31-24)27(21-12-4-1-5-13-21,22-14-6-2-7-15-22)23-16-8-3-9-17-23/h1-18H,19H2. The second kappa shape index (κ2) is 8.05. The Kier molecular flexibility index (Phi) is 5.08. The average Bonchev–Trinajstić information content (AvgIpc) is 3.19. The topological polar surface area (TPSA) is 35.1 Å². The van der Waals surface area contributed by atoms with Crippen LogP contribution in [0.15, 0.2) is 119 Å². The zero-order chi connectivity index (χ0) is 21.3. The molecule has 0 aliphatic heterocycles. The Bertz CT molecular complexity index is 1280. The summed E-state index contributed by atoms with van der Waals surface area (Å²) in [7, 11) is 0. The summed E-state index contributed by atoms with van der Waals surface area (Å²) in [4.78, 5) is 13.9. The quantitative estimate of drug-likeness (QED) is 0.222. The lowest BCUT2D eigenvalue weighted by Crippen LogP contribution is -2.42. The monoisotopic (exact) mass is 469 g/mol. The van der Waals surface area contributed by atoms with Crippen LogP contribution in [0.3, 0.4) is 0 Å². The van der Waals surface area contributed by atoms with Crippen molar-refractivity contribution < 1.29 is 4.52 Å². The van der Waals surface area contributed by atoms with E-state index in [4.69, 9.17) is 4.52 Å². The number of halogens is 1. The van der Waals surface area contributed by atoms with Gasteiger partial charge < -0.3 is 4.52 Å². The fourth-order valence-corrected chi connectivity index (χ4v) is 4.83. The fraction of sp³-hybridized carbons (Fsp3) is 0.0741. The highest BCUT2D eigenvalue weighted by atomic mass is 79.9. The molecule has 1 heterocycles. The fourth-order valence-electron chi connectivity index (χ4n) is 4.36. The molecule has 0 saturated heterocycles. The Morgan fingerprint density at radius 1 is 0.677 bits per heavy atom. The molecular weight excluding hydrogens is 450 g/mol. The number of benzene rings is 4. The number of alkyl halides is 1. The highest BCUT2D eigenvalue weighted by Gasteiger charge is 2.42. The van der Waals surface area contributed by atoms with E-state index in [1.807, 2.05) is 109 Å². The van der Waals surface area contributed by atoms with Crippen LogP contribution in [0.5, 0.6) is 0 Å². The third-order valence-corrected chi connectivity index (χ3v) is 6.33. The molecule has 0 bridgehead atoms. The van der Waals surface area contributed by atoms with Gasteiger partial charge in [0.15, 0.2) is 11.1 Å². The molecule has 0 aliphatic rings. The van der Waals surface area contributed by atoms with Gasteiger partial charge in [-0.1, -0.05) is 119 Å². The van der Waals surface area contributed by atoms with Gasteiger partial charge in [-0.25, -0.2) is 0 Å². The number of nitrogens with zero attached hydrogens (tertiary/aromatic N) is 1. The maximum absolute atomic E-state index is 13.9. The van der Waals surface area contributed by atoms with E-state index >= 15 is 0 Å². The molecule has 0 radical (unpaired) electrons. The van der Waals surface area contributed by atoms with Crippen LogP contribution < -0.4 is 5.56 Å². The van der Waals surface area contributed by atoms with E-state index in [1.54, 1.807) is 4.74 Å². The minimum absolute atomic E-state index is 0.151. The largest absolute Gasteiger partial charge is 0.374 e. The summed E-state index contributed by atoms with van der Waals surface area (Å²) in [5, 5.41) is 1.18. The normalized spacial score (nSPS) is 11.6. The van der Waals surface area contributed by atoms with Crippen LogP contribution in [0, 0.1) is 0 Å². The van der Waals surface area contributed by atoms with Gasteiger partial charge in [0.2, 0.25) is 0 Å². The van der Waals surface area contributed by atoms with E-state index in [2.05, 4.69) is 15.9 Å². The summed E-state index contributed by atoms with van der Waals surface area (Å²) in [6, 6.07) is 35.9. The molecule has 0 fully saturated rings. The van der Waals surface area contributed by atoms with E-state index in [-0.39, 0.29) is 5.56 Å². The summed E-state index contributed by atoms with van der Waals surface area (Å²) in [5.41, 5.74) is 3.24. The lowest BCUT2D eigenvalue weighted by atomic mass is 9.77. The van der Waals surface area contributed by atoms with Crippen molar-refractivity contribution in [3.63, 3.8) is 0 Å². The van der Waals surface area contributed by atoms with Crippen LogP contribution in [-0.2, 0) is 10.9 Å². The van der Waals surface area contributed by atoms with Crippen molar-refractivity contribution in [2.45, 2.75) is 10.9 Å². The van der Waals surface area contributed by atoms with Gasteiger partial charge in [-0.05, 0) is 28.3 Å². The van der Waals surface area contributed by atoms with E-state index in [0.29, 0.717) is 16.3 Å². The van der Waals surface area contributed by atoms with Gasteiger partial charge in [0.1, 0.15) is 0 Å². The van der Waals surface area contributed by atoms with E-state index in [9.17, 15) is 4.79 Å². The number of rotatable bonds is 5. The number of fused-ring (bicyclic) bond motifs is 1. The van der Waals surface area contributed by atoms with Crippen molar-refractivity contribution in [2.75, 3.05) is 0 Å². The molecule has 3 nitrogen and oxygen atoms in total. The van der Waals surface area contributed by atoms with E-state index in [1.165, 1.54) is 0 Å². The van der Waals surface area contributed by atoms with Crippen LogP contribution in [0.1, 0.15) is 22.3 Å². The predicted octanol–water partition coefficient (Wildman–Crippen LogP) is 6.33. The van der Waals surface area contributed by atoms with Gasteiger partial charge in [-0.3, -0.25) is 4.79 Å². The minimum Gasteiger partial charge on any atom is -0.374 e. The zero-order valence-electron chi connectivity index (χ0n) is 16.7. The third-order valence-electron chi connectivity index (χ3n) is 5.72. The summed E-state index contributed by atoms with van der Waals surface area (Å²) in [6.45, 7) is 0. The molecule has 1 aromatic heterocycles. The Hall–Kier alpha value is -3.37. The molecule has 0 N–H and O–H groups in total. The zero-order valence-corrected chi connectivity index (χ0v) is 18.3. The molecule has 0 atom stereocenters. The number of hydrogen-bond donors (Lipinski definition) is 0. The van der Waals surface area contributed by atoms with Crippen molar-refractivity contribution >= 4 is 26.9 Å². The first kappa shape index (κ1) is 19.6. The highest BCUT2D eigenvalue weighted by molar-refractivity contribution is 9.08. The van der Waals surface area contributed by atoms with E-state index in [0.717, 1.165) is 22.3 Å². The summed E-state index contributed by atoms with van der Waals surface area (Å²) in [5.74, 6) is 0. The van der Waals surface area contributed by atoms with Gasteiger partial charge >= 0.3 is 0 Å². The first-order chi connectivity index (χ1) is 15.3. The van der Waals surface area contributed by atoms with E-state index < -0.39 is 5.54 Å². The van der Waals surface area contributed by atoms with Crippen molar-refractivity contribution in [3.8, 4) is 0 Å². The molecule has 5 aromatic rings. The van der Waals surface area contributed by atoms with Gasteiger partial charge in [-0.2, -0.15) is 4.74 Å². The molecule has 0 aliphatic carbocycles. The highest BCUT2D eigenvalue weighted by Crippen LogP contribution is 2.40. The summed E-state index contributed by atoms with van der Waals surface area (Å²) < 4.78 is 7.90. The Balaban J connectivity index is 1.98.